The molecule has 0 aromatic heterocycles. The number of ether oxygens (including phenoxy) is 1. The predicted molar refractivity (Wildman–Crippen MR) is 79.7 cm³/mol. The molecule has 0 spiro atoms. The molecule has 1 aromatic rings. The molecule has 0 amide bonds. The highest BCUT2D eigenvalue weighted by atomic mass is 32.1. The number of thiocarbonyl (C=S) groups is 1. The first kappa shape index (κ1) is 14.9. The quantitative estimate of drug-likeness (QED) is 0.631. The molecule has 0 atom stereocenters. The van der Waals surface area contributed by atoms with E-state index in [9.17, 15) is 0 Å². The summed E-state index contributed by atoms with van der Waals surface area (Å²) in [6, 6.07) is 8.38. The molecule has 0 aliphatic rings. The molecule has 3 nitrogen and oxygen atoms in total. The van der Waals surface area contributed by atoms with E-state index in [0.717, 1.165) is 31.2 Å². The van der Waals surface area contributed by atoms with Gasteiger partial charge in [0.05, 0.1) is 0 Å². The molecule has 0 aliphatic carbocycles. The van der Waals surface area contributed by atoms with Crippen molar-refractivity contribution in [3.63, 3.8) is 0 Å². The van der Waals surface area contributed by atoms with Crippen LogP contribution in [-0.2, 0) is 11.3 Å². The maximum absolute atomic E-state index is 5.34. The summed E-state index contributed by atoms with van der Waals surface area (Å²) in [5.41, 5.74) is 2.60. The number of rotatable bonds is 6. The summed E-state index contributed by atoms with van der Waals surface area (Å²) in [7, 11) is 3.72. The topological polar surface area (TPSA) is 24.5 Å². The van der Waals surface area contributed by atoms with E-state index in [1.165, 1.54) is 11.1 Å². The standard InChI is InChI=1S/C14H22N2OS/c1-12-7-4-5-8-13(12)11-16(2)14(18)15-9-6-10-17-3/h4-5,7-8H,6,9-11H2,1-3H3,(H,15,18). The Labute approximate surface area is 115 Å². The van der Waals surface area contributed by atoms with Crippen molar-refractivity contribution in [2.24, 2.45) is 0 Å². The number of benzene rings is 1. The third-order valence-corrected chi connectivity index (χ3v) is 3.27. The third-order valence-electron chi connectivity index (χ3n) is 2.82. The van der Waals surface area contributed by atoms with Crippen LogP contribution in [0, 0.1) is 6.92 Å². The largest absolute Gasteiger partial charge is 0.385 e. The van der Waals surface area contributed by atoms with E-state index >= 15 is 0 Å². The first-order valence-electron chi connectivity index (χ1n) is 6.17. The number of nitrogens with one attached hydrogen (secondary N) is 1. The second kappa shape index (κ2) is 8.06. The minimum absolute atomic E-state index is 0.761. The van der Waals surface area contributed by atoms with Gasteiger partial charge in [-0.1, -0.05) is 24.3 Å². The molecule has 0 fully saturated rings. The summed E-state index contributed by atoms with van der Waals surface area (Å²) < 4.78 is 5.00. The van der Waals surface area contributed by atoms with E-state index in [4.69, 9.17) is 17.0 Å². The van der Waals surface area contributed by atoms with Crippen LogP contribution in [0.3, 0.4) is 0 Å². The predicted octanol–water partition coefficient (Wildman–Crippen LogP) is 2.34. The lowest BCUT2D eigenvalue weighted by molar-refractivity contribution is 0.195. The highest BCUT2D eigenvalue weighted by Gasteiger charge is 2.05. The number of hydrogen-bond donors (Lipinski definition) is 1. The van der Waals surface area contributed by atoms with E-state index in [0.29, 0.717) is 0 Å². The van der Waals surface area contributed by atoms with Crippen molar-refractivity contribution in [1.29, 1.82) is 0 Å². The summed E-state index contributed by atoms with van der Waals surface area (Å²) >= 11 is 5.34. The van der Waals surface area contributed by atoms with Crippen LogP contribution in [-0.4, -0.2) is 37.3 Å². The second-order valence-corrected chi connectivity index (χ2v) is 4.75. The Kier molecular flexibility index (Phi) is 6.68. The normalized spacial score (nSPS) is 10.2. The number of aryl methyl sites for hydroxylation is 1. The summed E-state index contributed by atoms with van der Waals surface area (Å²) in [4.78, 5) is 2.06. The van der Waals surface area contributed by atoms with Crippen LogP contribution in [0.15, 0.2) is 24.3 Å². The molecular formula is C14H22N2OS. The van der Waals surface area contributed by atoms with Crippen molar-refractivity contribution in [2.45, 2.75) is 19.9 Å². The molecule has 4 heteroatoms. The average molecular weight is 266 g/mol. The monoisotopic (exact) mass is 266 g/mol. The lowest BCUT2D eigenvalue weighted by Crippen LogP contribution is -2.37. The molecule has 100 valence electrons. The highest BCUT2D eigenvalue weighted by Crippen LogP contribution is 2.09. The van der Waals surface area contributed by atoms with Crippen LogP contribution < -0.4 is 5.32 Å². The second-order valence-electron chi connectivity index (χ2n) is 4.36. The number of hydrogen-bond acceptors (Lipinski definition) is 2. The summed E-state index contributed by atoms with van der Waals surface area (Å²) in [6.45, 7) is 4.57. The first-order valence-corrected chi connectivity index (χ1v) is 6.58. The minimum atomic E-state index is 0.761. The SMILES string of the molecule is COCCCNC(=S)N(C)Cc1ccccc1C. The highest BCUT2D eigenvalue weighted by molar-refractivity contribution is 7.80. The lowest BCUT2D eigenvalue weighted by atomic mass is 10.1. The third kappa shape index (κ3) is 5.02. The van der Waals surface area contributed by atoms with Crippen molar-refractivity contribution in [1.82, 2.24) is 10.2 Å². The van der Waals surface area contributed by atoms with Crippen LogP contribution >= 0.6 is 12.2 Å². The van der Waals surface area contributed by atoms with Gasteiger partial charge in [0.2, 0.25) is 0 Å². The zero-order chi connectivity index (χ0) is 13.4. The Bertz CT molecular complexity index is 382. The van der Waals surface area contributed by atoms with Crippen molar-refractivity contribution < 1.29 is 4.74 Å². The van der Waals surface area contributed by atoms with Gasteiger partial charge >= 0.3 is 0 Å². The molecule has 0 bridgehead atoms. The number of nitrogens with zero attached hydrogens (tertiary/aromatic N) is 1. The fourth-order valence-electron chi connectivity index (χ4n) is 1.66. The van der Waals surface area contributed by atoms with Crippen molar-refractivity contribution >= 4 is 17.3 Å². The van der Waals surface area contributed by atoms with Crippen LogP contribution in [0.25, 0.3) is 0 Å². The van der Waals surface area contributed by atoms with Gasteiger partial charge in [-0.2, -0.15) is 0 Å². The zero-order valence-electron chi connectivity index (χ0n) is 11.4. The first-order chi connectivity index (χ1) is 8.65. The van der Waals surface area contributed by atoms with Gasteiger partial charge in [0.1, 0.15) is 0 Å². The maximum Gasteiger partial charge on any atom is 0.168 e. The van der Waals surface area contributed by atoms with Crippen LogP contribution in [0.5, 0.6) is 0 Å². The fourth-order valence-corrected chi connectivity index (χ4v) is 1.83. The summed E-state index contributed by atoms with van der Waals surface area (Å²) in [6.07, 6.45) is 0.967. The van der Waals surface area contributed by atoms with Crippen molar-refractivity contribution in [3.05, 3.63) is 35.4 Å². The van der Waals surface area contributed by atoms with Gasteiger partial charge in [-0.15, -0.1) is 0 Å². The maximum atomic E-state index is 5.34. The van der Waals surface area contributed by atoms with Crippen molar-refractivity contribution in [2.75, 3.05) is 27.3 Å². The number of methoxy groups -OCH3 is 1. The van der Waals surface area contributed by atoms with E-state index in [1.807, 2.05) is 7.05 Å². The van der Waals surface area contributed by atoms with Gasteiger partial charge in [-0.25, -0.2) is 0 Å². The fraction of sp³-hybridized carbons (Fsp3) is 0.500. The van der Waals surface area contributed by atoms with Gasteiger partial charge in [-0.3, -0.25) is 0 Å². The molecule has 18 heavy (non-hydrogen) atoms. The van der Waals surface area contributed by atoms with Crippen LogP contribution in [0.4, 0.5) is 0 Å². The van der Waals surface area contributed by atoms with Gasteiger partial charge in [0, 0.05) is 33.9 Å². The molecule has 1 rings (SSSR count). The lowest BCUT2D eigenvalue weighted by Gasteiger charge is -2.22. The molecule has 1 aromatic carbocycles. The Morgan fingerprint density at radius 1 is 1.39 bits per heavy atom. The summed E-state index contributed by atoms with van der Waals surface area (Å²) in [5.74, 6) is 0. The Morgan fingerprint density at radius 3 is 2.78 bits per heavy atom. The van der Waals surface area contributed by atoms with Gasteiger partial charge < -0.3 is 15.0 Å². The zero-order valence-corrected chi connectivity index (χ0v) is 12.2. The Morgan fingerprint density at radius 2 is 2.11 bits per heavy atom. The van der Waals surface area contributed by atoms with Crippen molar-refractivity contribution in [3.8, 4) is 0 Å². The van der Waals surface area contributed by atoms with Crippen LogP contribution in [0.1, 0.15) is 17.5 Å². The van der Waals surface area contributed by atoms with E-state index in [1.54, 1.807) is 7.11 Å². The molecule has 0 saturated carbocycles. The van der Waals surface area contributed by atoms with Gasteiger partial charge in [-0.05, 0) is 36.7 Å². The van der Waals surface area contributed by atoms with E-state index in [-0.39, 0.29) is 0 Å². The Balaban J connectivity index is 2.38. The average Bonchev–Trinajstić information content (AvgIpc) is 2.37. The van der Waals surface area contributed by atoms with E-state index in [2.05, 4.69) is 41.4 Å². The molecule has 0 heterocycles. The molecule has 0 unspecified atom stereocenters. The smallest absolute Gasteiger partial charge is 0.168 e. The van der Waals surface area contributed by atoms with Crippen LogP contribution in [0.2, 0.25) is 0 Å². The van der Waals surface area contributed by atoms with E-state index < -0.39 is 0 Å². The molecule has 1 N–H and O–H groups in total. The summed E-state index contributed by atoms with van der Waals surface area (Å²) in [5, 5.41) is 4.02. The molecule has 0 aliphatic heterocycles. The molecule has 0 saturated heterocycles. The molecule has 0 radical (unpaired) electrons. The van der Waals surface area contributed by atoms with Gasteiger partial charge in [0.25, 0.3) is 0 Å². The minimum Gasteiger partial charge on any atom is -0.385 e. The Hall–Kier alpha value is -1.13. The van der Waals surface area contributed by atoms with Gasteiger partial charge in [0.15, 0.2) is 5.11 Å². The molecular weight excluding hydrogens is 244 g/mol.